The fourth-order valence-corrected chi connectivity index (χ4v) is 4.33. The maximum Gasteiger partial charge on any atom is 0.418 e. The predicted octanol–water partition coefficient (Wildman–Crippen LogP) is 2.68. The molecular formula is C21H18ClF3N8O3S. The zero-order chi connectivity index (χ0) is 26.7. The zero-order valence-electron chi connectivity index (χ0n) is 19.0. The van der Waals surface area contributed by atoms with Crippen LogP contribution in [0.5, 0.6) is 0 Å². The van der Waals surface area contributed by atoms with Crippen molar-refractivity contribution >= 4 is 52.3 Å². The van der Waals surface area contributed by atoms with Crippen LogP contribution in [0.1, 0.15) is 43.7 Å². The van der Waals surface area contributed by atoms with Gasteiger partial charge in [0.05, 0.1) is 29.4 Å². The van der Waals surface area contributed by atoms with Crippen LogP contribution < -0.4 is 20.9 Å². The van der Waals surface area contributed by atoms with E-state index in [0.717, 1.165) is 17.5 Å². The van der Waals surface area contributed by atoms with E-state index in [0.29, 0.717) is 30.0 Å². The normalized spacial score (nSPS) is 14.6. The summed E-state index contributed by atoms with van der Waals surface area (Å²) < 4.78 is 39.1. The van der Waals surface area contributed by atoms with Crippen molar-refractivity contribution in [3.8, 4) is 0 Å². The second-order valence-corrected chi connectivity index (χ2v) is 9.26. The molecule has 4 heterocycles. The molecule has 194 valence electrons. The molecule has 1 aliphatic rings. The molecule has 0 bridgehead atoms. The van der Waals surface area contributed by atoms with Gasteiger partial charge < -0.3 is 20.9 Å². The van der Waals surface area contributed by atoms with Crippen molar-refractivity contribution in [3.63, 3.8) is 0 Å². The fraction of sp³-hybridized carbons (Fsp3) is 0.286. The molecule has 3 aromatic rings. The highest BCUT2D eigenvalue weighted by atomic mass is 35.5. The third-order valence-electron chi connectivity index (χ3n) is 5.12. The Labute approximate surface area is 216 Å². The van der Waals surface area contributed by atoms with E-state index in [1.165, 1.54) is 18.6 Å². The van der Waals surface area contributed by atoms with E-state index in [9.17, 15) is 27.6 Å². The van der Waals surface area contributed by atoms with Crippen LogP contribution in [0, 0.1) is 0 Å². The van der Waals surface area contributed by atoms with Gasteiger partial charge in [-0.2, -0.15) is 13.2 Å². The van der Waals surface area contributed by atoms with Crippen molar-refractivity contribution in [3.05, 3.63) is 57.0 Å². The molecule has 1 aliphatic heterocycles. The van der Waals surface area contributed by atoms with E-state index in [1.54, 1.807) is 11.8 Å². The van der Waals surface area contributed by atoms with E-state index in [4.69, 9.17) is 11.6 Å². The lowest BCUT2D eigenvalue weighted by Crippen LogP contribution is -2.48. The number of carbonyl (C=O) groups excluding carboxylic acids is 3. The summed E-state index contributed by atoms with van der Waals surface area (Å²) in [5.41, 5.74) is -1.05. The number of pyridine rings is 1. The van der Waals surface area contributed by atoms with Crippen molar-refractivity contribution in [2.24, 2.45) is 0 Å². The van der Waals surface area contributed by atoms with Crippen LogP contribution in [-0.4, -0.2) is 57.3 Å². The molecular weight excluding hydrogens is 537 g/mol. The summed E-state index contributed by atoms with van der Waals surface area (Å²) in [5, 5.41) is 7.49. The highest BCUT2D eigenvalue weighted by molar-refractivity contribution is 7.13. The first-order valence-electron chi connectivity index (χ1n) is 10.7. The number of hydrogen-bond acceptors (Lipinski definition) is 9. The topological polar surface area (TPSA) is 142 Å². The summed E-state index contributed by atoms with van der Waals surface area (Å²) >= 11 is 6.49. The maximum absolute atomic E-state index is 13.0. The summed E-state index contributed by atoms with van der Waals surface area (Å²) in [4.78, 5) is 54.6. The van der Waals surface area contributed by atoms with E-state index in [1.807, 2.05) is 0 Å². The van der Waals surface area contributed by atoms with Crippen molar-refractivity contribution < 1.29 is 27.6 Å². The minimum absolute atomic E-state index is 0.0756. The van der Waals surface area contributed by atoms with Crippen LogP contribution >= 0.6 is 22.9 Å². The van der Waals surface area contributed by atoms with Gasteiger partial charge in [-0.1, -0.05) is 11.6 Å². The number of carbonyl (C=O) groups is 3. The Morgan fingerprint density at radius 1 is 1.16 bits per heavy atom. The number of nitrogens with one attached hydrogen (secondary N) is 3. The largest absolute Gasteiger partial charge is 0.418 e. The Hall–Kier alpha value is -3.85. The second-order valence-electron chi connectivity index (χ2n) is 7.79. The smallest absolute Gasteiger partial charge is 0.353 e. The molecule has 3 N–H and O–H groups in total. The Morgan fingerprint density at radius 2 is 1.95 bits per heavy atom. The lowest BCUT2D eigenvalue weighted by atomic mass is 10.2. The Kier molecular flexibility index (Phi) is 7.54. The molecule has 1 fully saturated rings. The van der Waals surface area contributed by atoms with E-state index < -0.39 is 34.6 Å². The molecule has 11 nitrogen and oxygen atoms in total. The molecule has 37 heavy (non-hydrogen) atoms. The summed E-state index contributed by atoms with van der Waals surface area (Å²) in [6.07, 6.45) is -1.45. The monoisotopic (exact) mass is 554 g/mol. The van der Waals surface area contributed by atoms with Crippen LogP contribution in [-0.2, 0) is 11.0 Å². The number of halogens is 4. The van der Waals surface area contributed by atoms with Crippen LogP contribution in [0.25, 0.3) is 0 Å². The number of hydrogen-bond donors (Lipinski definition) is 3. The molecule has 1 unspecified atom stereocenters. The van der Waals surface area contributed by atoms with Gasteiger partial charge in [0.1, 0.15) is 33.5 Å². The van der Waals surface area contributed by atoms with Crippen molar-refractivity contribution in [1.82, 2.24) is 30.6 Å². The van der Waals surface area contributed by atoms with Gasteiger partial charge >= 0.3 is 6.18 Å². The van der Waals surface area contributed by atoms with Crippen molar-refractivity contribution in [2.75, 3.05) is 29.9 Å². The summed E-state index contributed by atoms with van der Waals surface area (Å²) in [7, 11) is 0. The quantitative estimate of drug-likeness (QED) is 0.422. The van der Waals surface area contributed by atoms with Gasteiger partial charge in [-0.15, -0.1) is 11.3 Å². The lowest BCUT2D eigenvalue weighted by molar-refractivity contribution is -0.137. The molecule has 0 aromatic carbocycles. The third-order valence-corrected chi connectivity index (χ3v) is 6.60. The van der Waals surface area contributed by atoms with E-state index >= 15 is 0 Å². The molecule has 3 amide bonds. The standard InChI is InChI=1S/C21H18ClF3N8O3S/c1-10(31-18(35)13-5-16(30-9-29-13)33-3-2-26-17(34)8-33)20-28-7-14(37-20)19(36)32-15-4-11(21(23,24)25)12(22)6-27-15/h4-7,9-10H,2-3,8H2,1H3,(H,26,34)(H,31,35)(H,27,32,36). The second kappa shape index (κ2) is 10.6. The first-order chi connectivity index (χ1) is 17.5. The number of thiazole rings is 1. The zero-order valence-corrected chi connectivity index (χ0v) is 20.5. The summed E-state index contributed by atoms with van der Waals surface area (Å²) in [5.74, 6) is -1.30. The van der Waals surface area contributed by atoms with Gasteiger partial charge in [0.15, 0.2) is 0 Å². The van der Waals surface area contributed by atoms with Crippen LogP contribution in [0.2, 0.25) is 5.02 Å². The molecule has 3 aromatic heterocycles. The molecule has 1 atom stereocenters. The predicted molar refractivity (Wildman–Crippen MR) is 127 cm³/mol. The molecule has 0 radical (unpaired) electrons. The SMILES string of the molecule is CC(NC(=O)c1cc(N2CCNC(=O)C2)ncn1)c1ncc(C(=O)Nc2cc(C(F)(F)F)c(Cl)cn2)s1. The van der Waals surface area contributed by atoms with Gasteiger partial charge in [0.25, 0.3) is 11.8 Å². The molecule has 0 saturated carbocycles. The third kappa shape index (κ3) is 6.29. The van der Waals surface area contributed by atoms with Crippen LogP contribution in [0.3, 0.4) is 0 Å². The van der Waals surface area contributed by atoms with Crippen molar-refractivity contribution in [1.29, 1.82) is 0 Å². The molecule has 16 heteroatoms. The minimum atomic E-state index is -4.71. The molecule has 0 aliphatic carbocycles. The molecule has 1 saturated heterocycles. The summed E-state index contributed by atoms with van der Waals surface area (Å²) in [6.45, 7) is 2.75. The Balaban J connectivity index is 1.40. The maximum atomic E-state index is 13.0. The number of alkyl halides is 3. The average molecular weight is 555 g/mol. The lowest BCUT2D eigenvalue weighted by Gasteiger charge is -2.27. The minimum Gasteiger partial charge on any atom is -0.353 e. The number of aromatic nitrogens is 4. The number of rotatable bonds is 6. The molecule has 4 rings (SSSR count). The van der Waals surface area contributed by atoms with Gasteiger partial charge in [0, 0.05) is 25.4 Å². The molecule has 0 spiro atoms. The van der Waals surface area contributed by atoms with Crippen molar-refractivity contribution in [2.45, 2.75) is 19.1 Å². The number of piperazine rings is 1. The Bertz CT molecular complexity index is 1350. The van der Waals surface area contributed by atoms with Crippen LogP contribution in [0.15, 0.2) is 30.9 Å². The van der Waals surface area contributed by atoms with Gasteiger partial charge in [-0.05, 0) is 13.0 Å². The van der Waals surface area contributed by atoms with Crippen LogP contribution in [0.4, 0.5) is 24.8 Å². The van der Waals surface area contributed by atoms with Gasteiger partial charge in [-0.25, -0.2) is 19.9 Å². The van der Waals surface area contributed by atoms with Gasteiger partial charge in [0.2, 0.25) is 5.91 Å². The summed E-state index contributed by atoms with van der Waals surface area (Å²) in [6, 6.07) is 1.48. The first kappa shape index (κ1) is 26.2. The van der Waals surface area contributed by atoms with E-state index in [-0.39, 0.29) is 28.8 Å². The van der Waals surface area contributed by atoms with E-state index in [2.05, 4.69) is 35.9 Å². The number of nitrogens with zero attached hydrogens (tertiary/aromatic N) is 5. The Morgan fingerprint density at radius 3 is 2.68 bits per heavy atom. The highest BCUT2D eigenvalue weighted by Crippen LogP contribution is 2.35. The first-order valence-corrected chi connectivity index (χ1v) is 11.8. The number of anilines is 2. The highest BCUT2D eigenvalue weighted by Gasteiger charge is 2.34. The number of amides is 3. The fourth-order valence-electron chi connectivity index (χ4n) is 3.31. The van der Waals surface area contributed by atoms with Gasteiger partial charge in [-0.3, -0.25) is 14.4 Å². The average Bonchev–Trinajstić information content (AvgIpc) is 3.35.